The van der Waals surface area contributed by atoms with Gasteiger partial charge in [0, 0.05) is 10.6 Å². The highest BCUT2D eigenvalue weighted by Crippen LogP contribution is 2.19. The van der Waals surface area contributed by atoms with Crippen LogP contribution in [0.4, 0.5) is 0 Å². The topological polar surface area (TPSA) is 26.3 Å². The first kappa shape index (κ1) is 11.2. The fourth-order valence-electron chi connectivity index (χ4n) is 1.26. The first-order valence-corrected chi connectivity index (χ1v) is 5.94. The second-order valence-electron chi connectivity index (χ2n) is 3.22. The van der Waals surface area contributed by atoms with Crippen LogP contribution in [0.5, 0.6) is 5.75 Å². The van der Waals surface area contributed by atoms with Crippen molar-refractivity contribution >= 4 is 29.2 Å². The molecule has 1 aromatic carbocycles. The Balaban J connectivity index is 1.99. The summed E-state index contributed by atoms with van der Waals surface area (Å²) in [5.74, 6) is 0.728. The van der Waals surface area contributed by atoms with E-state index in [-0.39, 0.29) is 0 Å². The van der Waals surface area contributed by atoms with Crippen molar-refractivity contribution in [2.75, 3.05) is 0 Å². The van der Waals surface area contributed by atoms with E-state index >= 15 is 0 Å². The van der Waals surface area contributed by atoms with Crippen LogP contribution in [0.3, 0.4) is 0 Å². The van der Waals surface area contributed by atoms with Crippen molar-refractivity contribution in [2.24, 2.45) is 0 Å². The Kier molecular flexibility index (Phi) is 3.59. The van der Waals surface area contributed by atoms with E-state index in [1.165, 1.54) is 11.3 Å². The van der Waals surface area contributed by atoms with Crippen molar-refractivity contribution < 1.29 is 9.53 Å². The maximum absolute atomic E-state index is 10.5. The third kappa shape index (κ3) is 2.84. The van der Waals surface area contributed by atoms with E-state index in [0.29, 0.717) is 16.5 Å². The lowest BCUT2D eigenvalue weighted by Gasteiger charge is -2.04. The van der Waals surface area contributed by atoms with Crippen molar-refractivity contribution in [2.45, 2.75) is 6.61 Å². The van der Waals surface area contributed by atoms with E-state index < -0.39 is 0 Å². The average Bonchev–Trinajstić information content (AvgIpc) is 2.74. The van der Waals surface area contributed by atoms with Crippen LogP contribution < -0.4 is 4.74 Å². The van der Waals surface area contributed by atoms with Gasteiger partial charge in [0.05, 0.1) is 4.88 Å². The summed E-state index contributed by atoms with van der Waals surface area (Å²) in [7, 11) is 0. The smallest absolute Gasteiger partial charge is 0.160 e. The van der Waals surface area contributed by atoms with Crippen molar-refractivity contribution in [1.29, 1.82) is 0 Å². The largest absolute Gasteiger partial charge is 0.489 e. The van der Waals surface area contributed by atoms with Crippen LogP contribution >= 0.6 is 22.9 Å². The van der Waals surface area contributed by atoms with E-state index in [4.69, 9.17) is 16.3 Å². The number of ether oxygens (including phenoxy) is 1. The molecule has 0 aliphatic rings. The summed E-state index contributed by atoms with van der Waals surface area (Å²) in [6.45, 7) is 0.449. The van der Waals surface area contributed by atoms with Crippen LogP contribution in [0.2, 0.25) is 5.02 Å². The average molecular weight is 253 g/mol. The van der Waals surface area contributed by atoms with Crippen LogP contribution in [0.15, 0.2) is 35.7 Å². The second-order valence-corrected chi connectivity index (χ2v) is 4.60. The van der Waals surface area contributed by atoms with Gasteiger partial charge in [0.2, 0.25) is 0 Å². The van der Waals surface area contributed by atoms with Gasteiger partial charge < -0.3 is 4.74 Å². The van der Waals surface area contributed by atoms with Gasteiger partial charge in [-0.2, -0.15) is 0 Å². The molecule has 2 nitrogen and oxygen atoms in total. The number of hydrogen-bond donors (Lipinski definition) is 0. The number of benzene rings is 1. The maximum atomic E-state index is 10.5. The third-order valence-electron chi connectivity index (χ3n) is 1.99. The molecule has 2 aromatic rings. The molecule has 0 bridgehead atoms. The Labute approximate surface area is 102 Å². The Morgan fingerprint density at radius 3 is 2.94 bits per heavy atom. The van der Waals surface area contributed by atoms with Gasteiger partial charge >= 0.3 is 0 Å². The van der Waals surface area contributed by atoms with Crippen molar-refractivity contribution in [3.63, 3.8) is 0 Å². The summed E-state index contributed by atoms with van der Waals surface area (Å²) in [5, 5.41) is 2.56. The Hall–Kier alpha value is -1.32. The number of thiophene rings is 1. The molecule has 0 radical (unpaired) electrons. The van der Waals surface area contributed by atoms with Crippen LogP contribution in [0, 0.1) is 0 Å². The van der Waals surface area contributed by atoms with Gasteiger partial charge in [-0.05, 0) is 29.6 Å². The first-order valence-electron chi connectivity index (χ1n) is 4.69. The lowest BCUT2D eigenvalue weighted by atomic mass is 10.3. The predicted molar refractivity (Wildman–Crippen MR) is 65.5 cm³/mol. The third-order valence-corrected chi connectivity index (χ3v) is 3.13. The molecule has 0 amide bonds. The number of carbonyl (C=O) groups excluding carboxylic acids is 1. The minimum Gasteiger partial charge on any atom is -0.489 e. The molecule has 0 saturated heterocycles. The number of hydrogen-bond acceptors (Lipinski definition) is 3. The van der Waals surface area contributed by atoms with Gasteiger partial charge in [0.25, 0.3) is 0 Å². The van der Waals surface area contributed by atoms with Gasteiger partial charge in [0.15, 0.2) is 6.29 Å². The van der Waals surface area contributed by atoms with Gasteiger partial charge in [-0.15, -0.1) is 11.3 Å². The minimum absolute atomic E-state index is 0.449. The van der Waals surface area contributed by atoms with Crippen molar-refractivity contribution in [1.82, 2.24) is 0 Å². The SMILES string of the molecule is O=Cc1cc(COc2cccc(Cl)c2)cs1. The molecule has 16 heavy (non-hydrogen) atoms. The molecule has 0 unspecified atom stereocenters. The molecule has 1 aromatic heterocycles. The molecule has 0 spiro atoms. The summed E-state index contributed by atoms with van der Waals surface area (Å²) in [4.78, 5) is 11.2. The molecular formula is C12H9ClO2S. The number of aldehydes is 1. The fraction of sp³-hybridized carbons (Fsp3) is 0.0833. The van der Waals surface area contributed by atoms with E-state index in [1.54, 1.807) is 12.1 Å². The van der Waals surface area contributed by atoms with E-state index in [1.807, 2.05) is 23.6 Å². The highest BCUT2D eigenvalue weighted by molar-refractivity contribution is 7.11. The van der Waals surface area contributed by atoms with E-state index in [9.17, 15) is 4.79 Å². The monoisotopic (exact) mass is 252 g/mol. The molecule has 0 fully saturated rings. The molecule has 0 atom stereocenters. The van der Waals surface area contributed by atoms with Gasteiger partial charge in [-0.25, -0.2) is 0 Å². The van der Waals surface area contributed by atoms with E-state index in [2.05, 4.69) is 0 Å². The fourth-order valence-corrected chi connectivity index (χ4v) is 2.13. The molecule has 0 N–H and O–H groups in total. The van der Waals surface area contributed by atoms with Crippen molar-refractivity contribution in [3.8, 4) is 5.75 Å². The Morgan fingerprint density at radius 2 is 2.25 bits per heavy atom. The zero-order valence-corrected chi connectivity index (χ0v) is 9.92. The van der Waals surface area contributed by atoms with Crippen molar-refractivity contribution in [3.05, 3.63) is 51.2 Å². The molecule has 2 rings (SSSR count). The van der Waals surface area contributed by atoms with Gasteiger partial charge in [-0.3, -0.25) is 4.79 Å². The van der Waals surface area contributed by atoms with Gasteiger partial charge in [-0.1, -0.05) is 17.7 Å². The summed E-state index contributed by atoms with van der Waals surface area (Å²) in [5.41, 5.74) is 0.993. The zero-order chi connectivity index (χ0) is 11.4. The summed E-state index contributed by atoms with van der Waals surface area (Å²) in [6, 6.07) is 9.06. The molecule has 0 aliphatic heterocycles. The highest BCUT2D eigenvalue weighted by atomic mass is 35.5. The molecule has 82 valence electrons. The molecule has 0 aliphatic carbocycles. The Bertz CT molecular complexity index is 493. The standard InChI is InChI=1S/C12H9ClO2S/c13-10-2-1-3-11(5-10)15-7-9-4-12(6-14)16-8-9/h1-6,8H,7H2. The zero-order valence-electron chi connectivity index (χ0n) is 8.35. The minimum atomic E-state index is 0.449. The normalized spacial score (nSPS) is 10.1. The highest BCUT2D eigenvalue weighted by Gasteiger charge is 2.00. The maximum Gasteiger partial charge on any atom is 0.160 e. The molecule has 4 heteroatoms. The second kappa shape index (κ2) is 5.14. The number of carbonyl (C=O) groups is 1. The number of halogens is 1. The lowest BCUT2D eigenvalue weighted by Crippen LogP contribution is -1.93. The predicted octanol–water partition coefficient (Wildman–Crippen LogP) is 3.79. The molecule has 0 saturated carbocycles. The summed E-state index contributed by atoms with van der Waals surface area (Å²) >= 11 is 7.24. The Morgan fingerprint density at radius 1 is 1.38 bits per heavy atom. The van der Waals surface area contributed by atoms with Crippen LogP contribution in [0.25, 0.3) is 0 Å². The summed E-state index contributed by atoms with van der Waals surface area (Å²) in [6.07, 6.45) is 0.841. The number of rotatable bonds is 4. The van der Waals surface area contributed by atoms with E-state index in [0.717, 1.165) is 17.6 Å². The van der Waals surface area contributed by atoms with Crippen LogP contribution in [-0.2, 0) is 6.61 Å². The quantitative estimate of drug-likeness (QED) is 0.774. The lowest BCUT2D eigenvalue weighted by molar-refractivity contribution is 0.112. The van der Waals surface area contributed by atoms with Crippen LogP contribution in [-0.4, -0.2) is 6.29 Å². The molecular weight excluding hydrogens is 244 g/mol. The van der Waals surface area contributed by atoms with Crippen LogP contribution in [0.1, 0.15) is 15.2 Å². The molecule has 1 heterocycles. The first-order chi connectivity index (χ1) is 7.78. The van der Waals surface area contributed by atoms with Gasteiger partial charge in [0.1, 0.15) is 12.4 Å². The summed E-state index contributed by atoms with van der Waals surface area (Å²) < 4.78 is 5.54.